The quantitative estimate of drug-likeness (QED) is 0.0357. The largest absolute Gasteiger partial charge is 0.494 e. The molecule has 7 aromatic carbocycles. The van der Waals surface area contributed by atoms with Crippen LogP contribution < -0.4 is 9.47 Å². The molecule has 0 saturated carbocycles. The second kappa shape index (κ2) is 40.2. The zero-order chi connectivity index (χ0) is 69.8. The van der Waals surface area contributed by atoms with Crippen molar-refractivity contribution in [3.8, 4) is 78.5 Å². The summed E-state index contributed by atoms with van der Waals surface area (Å²) >= 11 is 16.6. The van der Waals surface area contributed by atoms with Gasteiger partial charge in [-0.1, -0.05) is 380 Å². The molecule has 6 heteroatoms. The van der Waals surface area contributed by atoms with Gasteiger partial charge >= 0.3 is 0 Å². The number of nitrogens with zero attached hydrogens (tertiary/aromatic N) is 2. The van der Waals surface area contributed by atoms with E-state index in [1.165, 1.54) is 250 Å². The second-order valence-corrected chi connectivity index (χ2v) is 30.9. The fraction of sp³-hybridized carbons (Fsp3) is 0.532. The minimum Gasteiger partial charge on any atom is -0.494 e. The van der Waals surface area contributed by atoms with Crippen LogP contribution in [-0.2, 0) is 10.8 Å². The molecule has 0 unspecified atom stereocenters. The molecule has 0 saturated heterocycles. The van der Waals surface area contributed by atoms with Crippen LogP contribution in [0.2, 0.25) is 10.0 Å². The molecule has 1 aromatic heterocycles. The number of fused-ring (bicyclic) bond motifs is 7. The molecular formula is C94H124Cl2N2O2. The molecule has 2 aliphatic carbocycles. The molecule has 0 spiro atoms. The molecule has 536 valence electrons. The summed E-state index contributed by atoms with van der Waals surface area (Å²) in [5.74, 6) is 1.67. The molecule has 100 heavy (non-hydrogen) atoms. The highest BCUT2D eigenvalue weighted by Gasteiger charge is 2.44. The summed E-state index contributed by atoms with van der Waals surface area (Å²) in [5.41, 5.74) is 19.6. The molecule has 0 N–H and O–H groups in total. The minimum atomic E-state index is -0.148. The van der Waals surface area contributed by atoms with Gasteiger partial charge in [0.05, 0.1) is 45.7 Å². The van der Waals surface area contributed by atoms with E-state index >= 15 is 0 Å². The number of hydrogen-bond acceptors (Lipinski definition) is 4. The van der Waals surface area contributed by atoms with Gasteiger partial charge in [0.2, 0.25) is 0 Å². The van der Waals surface area contributed by atoms with Crippen molar-refractivity contribution in [2.75, 3.05) is 13.2 Å². The van der Waals surface area contributed by atoms with Crippen molar-refractivity contribution in [2.45, 2.75) is 309 Å². The first-order chi connectivity index (χ1) is 49.2. The highest BCUT2D eigenvalue weighted by Crippen LogP contribution is 2.59. The molecule has 0 amide bonds. The van der Waals surface area contributed by atoms with Gasteiger partial charge in [0.1, 0.15) is 11.5 Å². The summed E-state index contributed by atoms with van der Waals surface area (Å²) in [6.45, 7) is 15.2. The van der Waals surface area contributed by atoms with E-state index in [4.69, 9.17) is 42.6 Å². The van der Waals surface area contributed by atoms with E-state index in [9.17, 15) is 0 Å². The molecule has 0 radical (unpaired) electrons. The Morgan fingerprint density at radius 3 is 0.920 bits per heavy atom. The highest BCUT2D eigenvalue weighted by molar-refractivity contribution is 6.47. The fourth-order valence-electron chi connectivity index (χ4n) is 17.1. The summed E-state index contributed by atoms with van der Waals surface area (Å²) in [7, 11) is 0. The minimum absolute atomic E-state index is 0.148. The summed E-state index contributed by atoms with van der Waals surface area (Å²) in [5, 5.41) is 1.03. The lowest BCUT2D eigenvalue weighted by atomic mass is 9.70. The van der Waals surface area contributed by atoms with E-state index in [1.54, 1.807) is 0 Å². The topological polar surface area (TPSA) is 44.2 Å². The van der Waals surface area contributed by atoms with Crippen LogP contribution in [0.4, 0.5) is 0 Å². The Hall–Kier alpha value is -5.94. The van der Waals surface area contributed by atoms with Crippen LogP contribution in [0, 0.1) is 0 Å². The van der Waals surface area contributed by atoms with E-state index in [-0.39, 0.29) is 10.8 Å². The van der Waals surface area contributed by atoms with Gasteiger partial charge in [-0.05, 0) is 131 Å². The van der Waals surface area contributed by atoms with E-state index in [2.05, 4.69) is 175 Å². The van der Waals surface area contributed by atoms with Gasteiger partial charge in [0.15, 0.2) is 0 Å². The first-order valence-corrected chi connectivity index (χ1v) is 41.7. The number of halogens is 2. The van der Waals surface area contributed by atoms with Crippen molar-refractivity contribution in [3.05, 3.63) is 166 Å². The third kappa shape index (κ3) is 19.1. The molecule has 0 atom stereocenters. The maximum absolute atomic E-state index is 8.32. The van der Waals surface area contributed by atoms with Crippen molar-refractivity contribution in [3.63, 3.8) is 0 Å². The Morgan fingerprint density at radius 2 is 0.580 bits per heavy atom. The summed E-state index contributed by atoms with van der Waals surface area (Å²) in [6.07, 6.45) is 49.2. The Morgan fingerprint density at radius 1 is 0.280 bits per heavy atom. The van der Waals surface area contributed by atoms with Gasteiger partial charge < -0.3 is 9.47 Å². The first kappa shape index (κ1) is 76.7. The Balaban J connectivity index is 1.20. The van der Waals surface area contributed by atoms with Crippen molar-refractivity contribution >= 4 is 34.2 Å². The molecule has 0 aliphatic heterocycles. The van der Waals surface area contributed by atoms with Crippen LogP contribution >= 0.6 is 23.2 Å². The Bertz CT molecular complexity index is 3530. The monoisotopic (exact) mass is 1380 g/mol. The van der Waals surface area contributed by atoms with Gasteiger partial charge in [-0.25, -0.2) is 9.97 Å². The van der Waals surface area contributed by atoms with Gasteiger partial charge in [0.25, 0.3) is 0 Å². The molecule has 4 nitrogen and oxygen atoms in total. The number of hydrogen-bond donors (Lipinski definition) is 0. The lowest BCUT2D eigenvalue weighted by Crippen LogP contribution is -2.25. The summed E-state index contributed by atoms with van der Waals surface area (Å²) < 4.78 is 13.3. The van der Waals surface area contributed by atoms with Gasteiger partial charge in [0, 0.05) is 33.1 Å². The number of rotatable bonds is 48. The van der Waals surface area contributed by atoms with E-state index < -0.39 is 0 Å². The molecule has 10 rings (SSSR count). The number of benzene rings is 7. The third-order valence-corrected chi connectivity index (χ3v) is 23.5. The Kier molecular flexibility index (Phi) is 30.8. The van der Waals surface area contributed by atoms with E-state index in [0.717, 1.165) is 119 Å². The average Bonchev–Trinajstić information content (AvgIpc) is 1.65. The third-order valence-electron chi connectivity index (χ3n) is 22.7. The first-order valence-electron chi connectivity index (χ1n) is 40.9. The van der Waals surface area contributed by atoms with Gasteiger partial charge in [-0.2, -0.15) is 0 Å². The Labute approximate surface area is 616 Å². The van der Waals surface area contributed by atoms with Crippen molar-refractivity contribution in [2.24, 2.45) is 0 Å². The van der Waals surface area contributed by atoms with Crippen LogP contribution in [-0.4, -0.2) is 23.2 Å². The smallest absolute Gasteiger partial charge is 0.119 e. The van der Waals surface area contributed by atoms with Crippen molar-refractivity contribution in [1.82, 2.24) is 9.97 Å². The standard InChI is InChI=1S/C94H124Cl2N2O2/c1-7-13-19-25-31-41-61-93(62-42-32-26-20-14-8-2)81-55-39-37-53-77(81)79-59-57-71(69-83(79)93)85-87(95)88(96)86(72-58-60-80-78-54-38-40-56-82(78)94(84(80)70-72,63-43-33-27-21-15-9-3)64-44-34-28-22-16-10-4)92-91(85)97-89(73-49-47-51-75(67-73)99-65-45-35-29-23-17-11-5)90(98-92)74-50-48-52-76(68-74)100-66-46-36-30-24-18-12-6/h37-40,47-60,67-70H,7-36,41-46,61-66H2,1-6H3. The van der Waals surface area contributed by atoms with E-state index in [1.807, 2.05) is 0 Å². The highest BCUT2D eigenvalue weighted by atomic mass is 35.5. The number of unbranched alkanes of at least 4 members (excludes halogenated alkanes) is 30. The van der Waals surface area contributed by atoms with Crippen LogP contribution in [0.1, 0.15) is 321 Å². The summed E-state index contributed by atoms with van der Waals surface area (Å²) in [6, 6.07) is 50.5. The van der Waals surface area contributed by atoms with Gasteiger partial charge in [-0.15, -0.1) is 0 Å². The molecule has 8 aromatic rings. The lowest BCUT2D eigenvalue weighted by molar-refractivity contribution is 0.304. The van der Waals surface area contributed by atoms with Crippen LogP contribution in [0.15, 0.2) is 133 Å². The van der Waals surface area contributed by atoms with Crippen LogP contribution in [0.5, 0.6) is 11.5 Å². The summed E-state index contributed by atoms with van der Waals surface area (Å²) in [4.78, 5) is 12.2. The molecule has 0 bridgehead atoms. The van der Waals surface area contributed by atoms with Crippen molar-refractivity contribution in [1.29, 1.82) is 0 Å². The molecule has 1 heterocycles. The van der Waals surface area contributed by atoms with E-state index in [0.29, 0.717) is 23.3 Å². The maximum atomic E-state index is 8.32. The normalized spacial score (nSPS) is 13.2. The SMILES string of the molecule is CCCCCCCCOc1cccc(-c2nc3c(-c4ccc5c(c4)C(CCCCCCCC)(CCCCCCCC)c4ccccc4-5)c(Cl)c(Cl)c(-c4ccc5c(c4)C(CCCCCCCC)(CCCCCCCC)c4ccccc4-5)c3nc2-c2cccc(OCCCCCCCC)c2)c1. The predicted molar refractivity (Wildman–Crippen MR) is 433 cm³/mol. The number of aromatic nitrogens is 2. The average molecular weight is 1380 g/mol. The maximum Gasteiger partial charge on any atom is 0.119 e. The van der Waals surface area contributed by atoms with Crippen LogP contribution in [0.25, 0.3) is 78.1 Å². The zero-order valence-corrected chi connectivity index (χ0v) is 64.4. The van der Waals surface area contributed by atoms with Crippen molar-refractivity contribution < 1.29 is 9.47 Å². The molecule has 2 aliphatic rings. The van der Waals surface area contributed by atoms with Gasteiger partial charge in [-0.3, -0.25) is 0 Å². The zero-order valence-electron chi connectivity index (χ0n) is 62.9. The lowest BCUT2D eigenvalue weighted by Gasteiger charge is -2.33. The molecule has 0 fully saturated rings. The predicted octanol–water partition coefficient (Wildman–Crippen LogP) is 30.6. The number of ether oxygens (including phenoxy) is 2. The fourth-order valence-corrected chi connectivity index (χ4v) is 17.7. The second-order valence-electron chi connectivity index (χ2n) is 30.1. The molecular weight excluding hydrogens is 1260 g/mol. The van der Waals surface area contributed by atoms with Crippen LogP contribution in [0.3, 0.4) is 0 Å².